The third-order valence-electron chi connectivity index (χ3n) is 4.94. The molecule has 0 aliphatic rings. The van der Waals surface area contributed by atoms with Crippen molar-refractivity contribution in [2.75, 3.05) is 14.2 Å². The van der Waals surface area contributed by atoms with E-state index < -0.39 is 0 Å². The fourth-order valence-corrected chi connectivity index (χ4v) is 3.28. The van der Waals surface area contributed by atoms with Crippen molar-refractivity contribution in [3.05, 3.63) is 102 Å². The number of ether oxygens (including phenoxy) is 2. The van der Waals surface area contributed by atoms with Crippen molar-refractivity contribution >= 4 is 5.91 Å². The molecule has 0 atom stereocenters. The fraction of sp³-hybridized carbons (Fsp3) is 0.115. The van der Waals surface area contributed by atoms with Crippen molar-refractivity contribution in [2.24, 2.45) is 0 Å². The number of aromatic nitrogens is 2. The Bertz CT molecular complexity index is 1190. The van der Waals surface area contributed by atoms with E-state index in [-0.39, 0.29) is 5.91 Å². The van der Waals surface area contributed by atoms with Crippen LogP contribution in [0.3, 0.4) is 0 Å². The van der Waals surface area contributed by atoms with E-state index in [4.69, 9.17) is 9.47 Å². The van der Waals surface area contributed by atoms with Gasteiger partial charge >= 0.3 is 0 Å². The SMILES string of the molecule is COc1ccc(Oc2cc(-c3cccc(C(=O)N(C)Cc4ccccc4)c3)ncn2)cc1. The predicted molar refractivity (Wildman–Crippen MR) is 123 cm³/mol. The van der Waals surface area contributed by atoms with Crippen molar-refractivity contribution in [2.45, 2.75) is 6.54 Å². The number of carbonyl (C=O) groups is 1. The summed E-state index contributed by atoms with van der Waals surface area (Å²) in [5.41, 5.74) is 3.16. The summed E-state index contributed by atoms with van der Waals surface area (Å²) >= 11 is 0. The molecule has 32 heavy (non-hydrogen) atoms. The van der Waals surface area contributed by atoms with Crippen molar-refractivity contribution in [3.8, 4) is 28.6 Å². The van der Waals surface area contributed by atoms with Gasteiger partial charge in [-0.05, 0) is 42.0 Å². The molecule has 0 aliphatic carbocycles. The Hall–Kier alpha value is -4.19. The number of methoxy groups -OCH3 is 1. The van der Waals surface area contributed by atoms with E-state index in [9.17, 15) is 4.79 Å². The average molecular weight is 425 g/mol. The highest BCUT2D eigenvalue weighted by atomic mass is 16.5. The molecule has 0 saturated heterocycles. The molecule has 6 heteroatoms. The zero-order chi connectivity index (χ0) is 22.3. The molecule has 4 rings (SSSR count). The van der Waals surface area contributed by atoms with Crippen LogP contribution in [0.2, 0.25) is 0 Å². The summed E-state index contributed by atoms with van der Waals surface area (Å²) in [6.07, 6.45) is 1.45. The topological polar surface area (TPSA) is 64.6 Å². The number of nitrogens with zero attached hydrogens (tertiary/aromatic N) is 3. The first-order chi connectivity index (χ1) is 15.6. The normalized spacial score (nSPS) is 10.4. The second kappa shape index (κ2) is 9.75. The summed E-state index contributed by atoms with van der Waals surface area (Å²) < 4.78 is 11.0. The lowest BCUT2D eigenvalue weighted by Gasteiger charge is -2.17. The van der Waals surface area contributed by atoms with Crippen LogP contribution in [-0.2, 0) is 6.54 Å². The summed E-state index contributed by atoms with van der Waals surface area (Å²) in [6.45, 7) is 0.539. The molecule has 3 aromatic carbocycles. The van der Waals surface area contributed by atoms with Crippen LogP contribution < -0.4 is 9.47 Å². The van der Waals surface area contributed by atoms with Crippen LogP contribution in [0.4, 0.5) is 0 Å². The highest BCUT2D eigenvalue weighted by molar-refractivity contribution is 5.95. The Kier molecular flexibility index (Phi) is 6.41. The molecule has 1 amide bonds. The van der Waals surface area contributed by atoms with E-state index in [0.29, 0.717) is 29.4 Å². The molecule has 0 unspecified atom stereocenters. The summed E-state index contributed by atoms with van der Waals surface area (Å²) in [5.74, 6) is 1.75. The molecular weight excluding hydrogens is 402 g/mol. The first kappa shape index (κ1) is 21.1. The quantitative estimate of drug-likeness (QED) is 0.406. The van der Waals surface area contributed by atoms with Gasteiger partial charge in [0.25, 0.3) is 5.91 Å². The van der Waals surface area contributed by atoms with Crippen LogP contribution in [-0.4, -0.2) is 34.9 Å². The first-order valence-electron chi connectivity index (χ1n) is 10.2. The largest absolute Gasteiger partial charge is 0.497 e. The van der Waals surface area contributed by atoms with Crippen LogP contribution in [0, 0.1) is 0 Å². The lowest BCUT2D eigenvalue weighted by molar-refractivity contribution is 0.0785. The number of hydrogen-bond donors (Lipinski definition) is 0. The maximum absolute atomic E-state index is 13.0. The summed E-state index contributed by atoms with van der Waals surface area (Å²) in [6, 6.07) is 26.3. The van der Waals surface area contributed by atoms with Crippen molar-refractivity contribution < 1.29 is 14.3 Å². The van der Waals surface area contributed by atoms with E-state index in [1.807, 2.05) is 78.9 Å². The summed E-state index contributed by atoms with van der Waals surface area (Å²) in [7, 11) is 3.42. The third kappa shape index (κ3) is 5.10. The van der Waals surface area contributed by atoms with Crippen molar-refractivity contribution in [3.63, 3.8) is 0 Å². The maximum Gasteiger partial charge on any atom is 0.253 e. The number of benzene rings is 3. The zero-order valence-electron chi connectivity index (χ0n) is 17.9. The van der Waals surface area contributed by atoms with Crippen molar-refractivity contribution in [1.82, 2.24) is 14.9 Å². The van der Waals surface area contributed by atoms with Crippen LogP contribution in [0.5, 0.6) is 17.4 Å². The number of hydrogen-bond acceptors (Lipinski definition) is 5. The number of amides is 1. The molecule has 0 saturated carbocycles. The zero-order valence-corrected chi connectivity index (χ0v) is 17.9. The minimum atomic E-state index is -0.0561. The van der Waals surface area contributed by atoms with Gasteiger partial charge in [0.15, 0.2) is 0 Å². The Balaban J connectivity index is 1.51. The second-order valence-electron chi connectivity index (χ2n) is 7.25. The predicted octanol–water partition coefficient (Wildman–Crippen LogP) is 5.22. The lowest BCUT2D eigenvalue weighted by atomic mass is 10.1. The van der Waals surface area contributed by atoms with Gasteiger partial charge in [-0.1, -0.05) is 42.5 Å². The fourth-order valence-electron chi connectivity index (χ4n) is 3.28. The van der Waals surface area contributed by atoms with Crippen LogP contribution >= 0.6 is 0 Å². The Morgan fingerprint density at radius 1 is 0.875 bits per heavy atom. The monoisotopic (exact) mass is 425 g/mol. The molecule has 0 fully saturated rings. The minimum absolute atomic E-state index is 0.0561. The highest BCUT2D eigenvalue weighted by Crippen LogP contribution is 2.26. The van der Waals surface area contributed by atoms with E-state index >= 15 is 0 Å². The van der Waals surface area contributed by atoms with Gasteiger partial charge in [-0.3, -0.25) is 4.79 Å². The Labute approximate surface area is 187 Å². The number of rotatable bonds is 7. The number of carbonyl (C=O) groups excluding carboxylic acids is 1. The molecule has 1 aromatic heterocycles. The average Bonchev–Trinajstić information content (AvgIpc) is 2.85. The maximum atomic E-state index is 13.0. The van der Waals surface area contributed by atoms with Gasteiger partial charge in [0, 0.05) is 30.8 Å². The van der Waals surface area contributed by atoms with Gasteiger partial charge in [-0.25, -0.2) is 9.97 Å². The Morgan fingerprint density at radius 2 is 1.62 bits per heavy atom. The van der Waals surface area contributed by atoms with E-state index in [2.05, 4.69) is 9.97 Å². The molecule has 4 aromatic rings. The van der Waals surface area contributed by atoms with Gasteiger partial charge in [0.05, 0.1) is 12.8 Å². The van der Waals surface area contributed by atoms with Crippen LogP contribution in [0.25, 0.3) is 11.3 Å². The van der Waals surface area contributed by atoms with Gasteiger partial charge in [-0.15, -0.1) is 0 Å². The first-order valence-corrected chi connectivity index (χ1v) is 10.2. The van der Waals surface area contributed by atoms with Gasteiger partial charge in [0.1, 0.15) is 17.8 Å². The molecule has 0 bridgehead atoms. The van der Waals surface area contributed by atoms with E-state index in [0.717, 1.165) is 16.9 Å². The smallest absolute Gasteiger partial charge is 0.253 e. The van der Waals surface area contributed by atoms with Crippen LogP contribution in [0.1, 0.15) is 15.9 Å². The van der Waals surface area contributed by atoms with Gasteiger partial charge in [0.2, 0.25) is 5.88 Å². The van der Waals surface area contributed by atoms with Crippen molar-refractivity contribution in [1.29, 1.82) is 0 Å². The van der Waals surface area contributed by atoms with Gasteiger partial charge < -0.3 is 14.4 Å². The molecule has 160 valence electrons. The molecule has 0 radical (unpaired) electrons. The summed E-state index contributed by atoms with van der Waals surface area (Å²) in [5, 5.41) is 0. The van der Waals surface area contributed by atoms with Crippen LogP contribution in [0.15, 0.2) is 91.3 Å². The third-order valence-corrected chi connectivity index (χ3v) is 4.94. The Morgan fingerprint density at radius 3 is 2.38 bits per heavy atom. The standard InChI is InChI=1S/C26H23N3O3/c1-29(17-19-7-4-3-5-8-19)26(30)21-10-6-9-20(15-21)24-16-25(28-18-27-24)32-23-13-11-22(31-2)12-14-23/h3-16,18H,17H2,1-2H3. The minimum Gasteiger partial charge on any atom is -0.497 e. The van der Waals surface area contributed by atoms with Gasteiger partial charge in [-0.2, -0.15) is 0 Å². The molecule has 0 N–H and O–H groups in total. The molecule has 6 nitrogen and oxygen atoms in total. The van der Waals surface area contributed by atoms with E-state index in [1.165, 1.54) is 6.33 Å². The lowest BCUT2D eigenvalue weighted by Crippen LogP contribution is -2.26. The summed E-state index contributed by atoms with van der Waals surface area (Å²) in [4.78, 5) is 23.2. The highest BCUT2D eigenvalue weighted by Gasteiger charge is 2.14. The molecular formula is C26H23N3O3. The molecule has 1 heterocycles. The second-order valence-corrected chi connectivity index (χ2v) is 7.25. The molecule has 0 aliphatic heterocycles. The van der Waals surface area contributed by atoms with E-state index in [1.54, 1.807) is 25.1 Å². The molecule has 0 spiro atoms.